The standard InChI is InChI=1S/C12H20Cl2S/c1-2-3-9-15-11-8-6-4-5-7-10(11)12(11,13)14/h10H,2-9H2,1H3. The van der Waals surface area contributed by atoms with Gasteiger partial charge < -0.3 is 0 Å². The first kappa shape index (κ1) is 12.4. The third kappa shape index (κ3) is 2.05. The van der Waals surface area contributed by atoms with Crippen molar-refractivity contribution < 1.29 is 0 Å². The zero-order valence-corrected chi connectivity index (χ0v) is 11.7. The van der Waals surface area contributed by atoms with E-state index in [0.29, 0.717) is 5.92 Å². The highest BCUT2D eigenvalue weighted by atomic mass is 35.5. The molecule has 0 spiro atoms. The second-order valence-corrected chi connectivity index (χ2v) is 7.68. The molecule has 0 aliphatic heterocycles. The molecule has 0 bridgehead atoms. The number of hydrogen-bond donors (Lipinski definition) is 0. The summed E-state index contributed by atoms with van der Waals surface area (Å²) in [5.41, 5.74) is 0. The maximum Gasteiger partial charge on any atom is 0.137 e. The Morgan fingerprint density at radius 3 is 2.80 bits per heavy atom. The van der Waals surface area contributed by atoms with Crippen LogP contribution >= 0.6 is 35.0 Å². The average Bonchev–Trinajstić information content (AvgIpc) is 2.75. The molecule has 2 aliphatic carbocycles. The normalized spacial score (nSPS) is 38.2. The van der Waals surface area contributed by atoms with E-state index in [1.807, 2.05) is 0 Å². The number of rotatable bonds is 4. The lowest BCUT2D eigenvalue weighted by Gasteiger charge is -2.16. The largest absolute Gasteiger partial charge is 0.152 e. The summed E-state index contributed by atoms with van der Waals surface area (Å²) in [6.07, 6.45) is 9.05. The maximum absolute atomic E-state index is 6.47. The highest BCUT2D eigenvalue weighted by molar-refractivity contribution is 8.01. The van der Waals surface area contributed by atoms with E-state index in [1.54, 1.807) is 0 Å². The summed E-state index contributed by atoms with van der Waals surface area (Å²) < 4.78 is -0.187. The number of halogens is 2. The van der Waals surface area contributed by atoms with Gasteiger partial charge in [0.15, 0.2) is 0 Å². The van der Waals surface area contributed by atoms with Crippen LogP contribution in [0.1, 0.15) is 51.9 Å². The van der Waals surface area contributed by atoms with E-state index >= 15 is 0 Å². The van der Waals surface area contributed by atoms with Gasteiger partial charge in [-0.05, 0) is 25.0 Å². The van der Waals surface area contributed by atoms with Gasteiger partial charge in [0.05, 0.1) is 4.75 Å². The topological polar surface area (TPSA) is 0 Å². The third-order valence-electron chi connectivity index (χ3n) is 3.88. The first-order valence-corrected chi connectivity index (χ1v) is 7.91. The lowest BCUT2D eigenvalue weighted by atomic mass is 10.2. The molecule has 0 amide bonds. The molecule has 0 N–H and O–H groups in total. The van der Waals surface area contributed by atoms with Crippen molar-refractivity contribution in [2.75, 3.05) is 5.75 Å². The van der Waals surface area contributed by atoms with Crippen molar-refractivity contribution in [2.24, 2.45) is 5.92 Å². The van der Waals surface area contributed by atoms with Gasteiger partial charge in [-0.25, -0.2) is 0 Å². The van der Waals surface area contributed by atoms with Crippen LogP contribution in [-0.4, -0.2) is 14.8 Å². The van der Waals surface area contributed by atoms with Gasteiger partial charge in [-0.1, -0.05) is 55.8 Å². The Kier molecular flexibility index (Phi) is 3.85. The molecule has 0 radical (unpaired) electrons. The fourth-order valence-electron chi connectivity index (χ4n) is 2.84. The smallest absolute Gasteiger partial charge is 0.137 e. The van der Waals surface area contributed by atoms with Crippen LogP contribution in [0.2, 0.25) is 0 Å². The molecule has 2 aliphatic rings. The quantitative estimate of drug-likeness (QED) is 0.508. The van der Waals surface area contributed by atoms with Gasteiger partial charge in [0.25, 0.3) is 0 Å². The van der Waals surface area contributed by atoms with Crippen molar-refractivity contribution in [1.29, 1.82) is 0 Å². The Morgan fingerprint density at radius 2 is 2.07 bits per heavy atom. The molecule has 0 aromatic carbocycles. The maximum atomic E-state index is 6.47. The molecule has 0 aromatic rings. The van der Waals surface area contributed by atoms with Crippen LogP contribution in [0.15, 0.2) is 0 Å². The Morgan fingerprint density at radius 1 is 1.27 bits per heavy atom. The van der Waals surface area contributed by atoms with Crippen LogP contribution < -0.4 is 0 Å². The van der Waals surface area contributed by atoms with Crippen LogP contribution in [0.25, 0.3) is 0 Å². The highest BCUT2D eigenvalue weighted by Crippen LogP contribution is 2.73. The lowest BCUT2D eigenvalue weighted by molar-refractivity contribution is 0.638. The van der Waals surface area contributed by atoms with E-state index in [0.717, 1.165) is 0 Å². The third-order valence-corrected chi connectivity index (χ3v) is 7.12. The summed E-state index contributed by atoms with van der Waals surface area (Å²) in [5, 5.41) is 0. The van der Waals surface area contributed by atoms with Crippen LogP contribution in [0.4, 0.5) is 0 Å². The molecule has 3 heteroatoms. The van der Waals surface area contributed by atoms with Crippen molar-refractivity contribution in [1.82, 2.24) is 0 Å². The zero-order chi connectivity index (χ0) is 10.9. The fourth-order valence-corrected chi connectivity index (χ4v) is 6.09. The van der Waals surface area contributed by atoms with Gasteiger partial charge in [0.2, 0.25) is 0 Å². The van der Waals surface area contributed by atoms with Crippen molar-refractivity contribution in [3.8, 4) is 0 Å². The number of hydrogen-bond acceptors (Lipinski definition) is 1. The first-order valence-electron chi connectivity index (χ1n) is 6.17. The summed E-state index contributed by atoms with van der Waals surface area (Å²) in [6.45, 7) is 2.24. The van der Waals surface area contributed by atoms with Crippen LogP contribution in [0.3, 0.4) is 0 Å². The van der Waals surface area contributed by atoms with Crippen molar-refractivity contribution >= 4 is 35.0 Å². The second-order valence-electron chi connectivity index (χ2n) is 4.87. The fraction of sp³-hybridized carbons (Fsp3) is 1.00. The summed E-state index contributed by atoms with van der Waals surface area (Å²) in [4.78, 5) is 0. The first-order chi connectivity index (χ1) is 7.15. The highest BCUT2D eigenvalue weighted by Gasteiger charge is 2.75. The molecular weight excluding hydrogens is 247 g/mol. The van der Waals surface area contributed by atoms with Gasteiger partial charge in [0, 0.05) is 5.92 Å². The van der Waals surface area contributed by atoms with Crippen LogP contribution in [0.5, 0.6) is 0 Å². The van der Waals surface area contributed by atoms with Gasteiger partial charge in [-0.15, -0.1) is 0 Å². The molecule has 2 rings (SSSR count). The predicted molar refractivity (Wildman–Crippen MR) is 71.1 cm³/mol. The Labute approximate surface area is 107 Å². The number of thioether (sulfide) groups is 1. The molecule has 0 saturated heterocycles. The molecule has 2 fully saturated rings. The van der Waals surface area contributed by atoms with E-state index in [-0.39, 0.29) is 4.75 Å². The van der Waals surface area contributed by atoms with E-state index in [2.05, 4.69) is 18.7 Å². The molecule has 0 heterocycles. The number of fused-ring (bicyclic) bond motifs is 1. The molecule has 2 saturated carbocycles. The minimum Gasteiger partial charge on any atom is -0.152 e. The predicted octanol–water partition coefficient (Wildman–Crippen LogP) is 5.03. The van der Waals surface area contributed by atoms with Gasteiger partial charge in [0.1, 0.15) is 4.33 Å². The van der Waals surface area contributed by atoms with E-state index in [4.69, 9.17) is 23.2 Å². The molecule has 88 valence electrons. The lowest BCUT2D eigenvalue weighted by Crippen LogP contribution is -2.13. The van der Waals surface area contributed by atoms with E-state index in [1.165, 1.54) is 50.7 Å². The second kappa shape index (κ2) is 4.66. The zero-order valence-electron chi connectivity index (χ0n) is 9.40. The molecule has 0 nitrogen and oxygen atoms in total. The molecule has 2 atom stereocenters. The van der Waals surface area contributed by atoms with E-state index < -0.39 is 4.33 Å². The Hall–Kier alpha value is 0.930. The number of unbranched alkanes of at least 4 members (excludes halogenated alkanes) is 1. The van der Waals surface area contributed by atoms with Crippen molar-refractivity contribution in [3.05, 3.63) is 0 Å². The monoisotopic (exact) mass is 266 g/mol. The van der Waals surface area contributed by atoms with Crippen molar-refractivity contribution in [2.45, 2.75) is 60.9 Å². The van der Waals surface area contributed by atoms with Gasteiger partial charge in [-0.3, -0.25) is 0 Å². The Bertz CT molecular complexity index is 230. The minimum atomic E-state index is -0.411. The minimum absolute atomic E-state index is 0.224. The van der Waals surface area contributed by atoms with Gasteiger partial charge >= 0.3 is 0 Å². The molecule has 2 unspecified atom stereocenters. The molecular formula is C12H20Cl2S. The summed E-state index contributed by atoms with van der Waals surface area (Å²) >= 11 is 15.0. The number of alkyl halides is 2. The average molecular weight is 267 g/mol. The van der Waals surface area contributed by atoms with E-state index in [9.17, 15) is 0 Å². The SMILES string of the molecule is CCCCSC12CCCCCC1C2(Cl)Cl. The molecule has 0 aromatic heterocycles. The summed E-state index contributed by atoms with van der Waals surface area (Å²) in [5.74, 6) is 1.80. The van der Waals surface area contributed by atoms with Crippen LogP contribution in [0, 0.1) is 5.92 Å². The summed E-state index contributed by atoms with van der Waals surface area (Å²) in [7, 11) is 0. The Balaban J connectivity index is 1.97. The molecule has 15 heavy (non-hydrogen) atoms. The van der Waals surface area contributed by atoms with Gasteiger partial charge in [-0.2, -0.15) is 11.8 Å². The van der Waals surface area contributed by atoms with Crippen LogP contribution in [-0.2, 0) is 0 Å². The van der Waals surface area contributed by atoms with Crippen molar-refractivity contribution in [3.63, 3.8) is 0 Å². The summed E-state index contributed by atoms with van der Waals surface area (Å²) in [6, 6.07) is 0.